The topological polar surface area (TPSA) is 69.6 Å². The number of furan rings is 1. The van der Waals surface area contributed by atoms with Crippen LogP contribution in [-0.2, 0) is 4.79 Å². The van der Waals surface area contributed by atoms with Crippen molar-refractivity contribution in [3.63, 3.8) is 0 Å². The van der Waals surface area contributed by atoms with Crippen LogP contribution < -0.4 is 0 Å². The molecule has 0 bridgehead atoms. The van der Waals surface area contributed by atoms with Crippen LogP contribution in [0.4, 0.5) is 0 Å². The number of piperazine rings is 1. The molecule has 1 fully saturated rings. The van der Waals surface area contributed by atoms with Crippen molar-refractivity contribution in [1.29, 1.82) is 0 Å². The molecule has 1 aliphatic heterocycles. The number of hydrogen-bond donors (Lipinski definition) is 1. The summed E-state index contributed by atoms with van der Waals surface area (Å²) < 4.78 is 5.23. The van der Waals surface area contributed by atoms with Gasteiger partial charge in [0.25, 0.3) is 5.91 Å². The number of fused-ring (bicyclic) bond motifs is 1. The predicted molar refractivity (Wildman–Crippen MR) is 68.7 cm³/mol. The SMILES string of the molecule is CC(=O)N1CCN(C(=O)c2cc3occc3[nH]2)CC1. The first-order chi connectivity index (χ1) is 9.15. The minimum atomic E-state index is -0.0467. The maximum Gasteiger partial charge on any atom is 0.270 e. The van der Waals surface area contributed by atoms with Gasteiger partial charge in [0.05, 0.1) is 11.8 Å². The lowest BCUT2D eigenvalue weighted by molar-refractivity contribution is -0.130. The monoisotopic (exact) mass is 261 g/mol. The number of carbonyl (C=O) groups is 2. The van der Waals surface area contributed by atoms with E-state index in [0.29, 0.717) is 37.5 Å². The van der Waals surface area contributed by atoms with E-state index in [1.54, 1.807) is 35.1 Å². The summed E-state index contributed by atoms with van der Waals surface area (Å²) in [6.45, 7) is 3.88. The molecule has 0 atom stereocenters. The van der Waals surface area contributed by atoms with E-state index in [1.807, 2.05) is 0 Å². The zero-order valence-electron chi connectivity index (χ0n) is 10.7. The number of aromatic amines is 1. The molecule has 19 heavy (non-hydrogen) atoms. The third-order valence-electron chi connectivity index (χ3n) is 3.48. The lowest BCUT2D eigenvalue weighted by atomic mass is 10.2. The first-order valence-corrected chi connectivity index (χ1v) is 6.26. The van der Waals surface area contributed by atoms with Gasteiger partial charge in [-0.05, 0) is 0 Å². The molecular formula is C13H15N3O3. The fourth-order valence-electron chi connectivity index (χ4n) is 2.36. The van der Waals surface area contributed by atoms with Gasteiger partial charge in [-0.25, -0.2) is 0 Å². The molecule has 0 spiro atoms. The van der Waals surface area contributed by atoms with Crippen molar-refractivity contribution in [2.75, 3.05) is 26.2 Å². The van der Waals surface area contributed by atoms with Gasteiger partial charge < -0.3 is 19.2 Å². The van der Waals surface area contributed by atoms with Gasteiger partial charge in [0.2, 0.25) is 5.91 Å². The first-order valence-electron chi connectivity index (χ1n) is 6.26. The molecule has 6 nitrogen and oxygen atoms in total. The molecule has 1 aliphatic rings. The molecule has 3 heterocycles. The van der Waals surface area contributed by atoms with Gasteiger partial charge in [0.15, 0.2) is 5.58 Å². The van der Waals surface area contributed by atoms with Crippen molar-refractivity contribution < 1.29 is 14.0 Å². The second kappa shape index (κ2) is 4.46. The zero-order chi connectivity index (χ0) is 13.4. The second-order valence-electron chi connectivity index (χ2n) is 4.68. The fraction of sp³-hybridized carbons (Fsp3) is 0.385. The van der Waals surface area contributed by atoms with E-state index in [9.17, 15) is 9.59 Å². The molecule has 3 rings (SSSR count). The van der Waals surface area contributed by atoms with Gasteiger partial charge >= 0.3 is 0 Å². The van der Waals surface area contributed by atoms with Crippen LogP contribution >= 0.6 is 0 Å². The van der Waals surface area contributed by atoms with Crippen LogP contribution in [0.25, 0.3) is 11.1 Å². The average molecular weight is 261 g/mol. The van der Waals surface area contributed by atoms with Crippen LogP contribution in [0.3, 0.4) is 0 Å². The number of aromatic nitrogens is 1. The molecule has 2 aromatic rings. The molecule has 1 saturated heterocycles. The first kappa shape index (κ1) is 11.8. The Bertz CT molecular complexity index is 591. The number of amides is 2. The molecule has 0 saturated carbocycles. The normalized spacial score (nSPS) is 16.1. The number of carbonyl (C=O) groups excluding carboxylic acids is 2. The quantitative estimate of drug-likeness (QED) is 0.834. The van der Waals surface area contributed by atoms with E-state index < -0.39 is 0 Å². The Kier molecular flexibility index (Phi) is 2.77. The van der Waals surface area contributed by atoms with Crippen molar-refractivity contribution in [3.05, 3.63) is 24.1 Å². The molecule has 2 amide bonds. The van der Waals surface area contributed by atoms with Crippen molar-refractivity contribution in [1.82, 2.24) is 14.8 Å². The third-order valence-corrected chi connectivity index (χ3v) is 3.48. The third kappa shape index (κ3) is 2.09. The Balaban J connectivity index is 1.71. The summed E-state index contributed by atoms with van der Waals surface area (Å²) in [7, 11) is 0. The number of hydrogen-bond acceptors (Lipinski definition) is 3. The Morgan fingerprint density at radius 3 is 2.53 bits per heavy atom. The number of nitrogens with zero attached hydrogens (tertiary/aromatic N) is 2. The van der Waals surface area contributed by atoms with Gasteiger partial charge in [-0.15, -0.1) is 0 Å². The van der Waals surface area contributed by atoms with Crippen LogP contribution in [0.5, 0.6) is 0 Å². The van der Waals surface area contributed by atoms with Crippen molar-refractivity contribution in [2.24, 2.45) is 0 Å². The predicted octanol–water partition coefficient (Wildman–Crippen LogP) is 1.07. The minimum absolute atomic E-state index is 0.0467. The minimum Gasteiger partial charge on any atom is -0.463 e. The fourth-order valence-corrected chi connectivity index (χ4v) is 2.36. The standard InChI is InChI=1S/C13H15N3O3/c1-9(17)15-3-5-16(6-4-15)13(18)11-8-12-10(14-11)2-7-19-12/h2,7-8,14H,3-6H2,1H3. The summed E-state index contributed by atoms with van der Waals surface area (Å²) >= 11 is 0. The molecule has 2 aromatic heterocycles. The highest BCUT2D eigenvalue weighted by atomic mass is 16.3. The van der Waals surface area contributed by atoms with Gasteiger partial charge in [0.1, 0.15) is 5.69 Å². The van der Waals surface area contributed by atoms with E-state index in [1.165, 1.54) is 0 Å². The van der Waals surface area contributed by atoms with Gasteiger partial charge in [-0.3, -0.25) is 9.59 Å². The van der Waals surface area contributed by atoms with Gasteiger partial charge in [-0.2, -0.15) is 0 Å². The Morgan fingerprint density at radius 2 is 1.89 bits per heavy atom. The lowest BCUT2D eigenvalue weighted by Gasteiger charge is -2.33. The highest BCUT2D eigenvalue weighted by Crippen LogP contribution is 2.17. The van der Waals surface area contributed by atoms with Crippen LogP contribution in [0.15, 0.2) is 22.8 Å². The summed E-state index contributed by atoms with van der Waals surface area (Å²) in [5.41, 5.74) is 2.04. The second-order valence-corrected chi connectivity index (χ2v) is 4.68. The maximum atomic E-state index is 12.3. The number of nitrogens with one attached hydrogen (secondary N) is 1. The highest BCUT2D eigenvalue weighted by molar-refractivity contribution is 5.96. The lowest BCUT2D eigenvalue weighted by Crippen LogP contribution is -2.50. The van der Waals surface area contributed by atoms with E-state index in [0.717, 1.165) is 5.52 Å². The average Bonchev–Trinajstić information content (AvgIpc) is 2.98. The van der Waals surface area contributed by atoms with Crippen molar-refractivity contribution in [2.45, 2.75) is 6.92 Å². The number of H-pyrrole nitrogens is 1. The highest BCUT2D eigenvalue weighted by Gasteiger charge is 2.24. The Morgan fingerprint density at radius 1 is 1.21 bits per heavy atom. The van der Waals surface area contributed by atoms with Crippen LogP contribution in [0.1, 0.15) is 17.4 Å². The van der Waals surface area contributed by atoms with Gasteiger partial charge in [0, 0.05) is 45.2 Å². The molecule has 0 aromatic carbocycles. The molecule has 0 unspecified atom stereocenters. The molecule has 1 N–H and O–H groups in total. The maximum absolute atomic E-state index is 12.3. The number of rotatable bonds is 1. The summed E-state index contributed by atoms with van der Waals surface area (Å²) in [6, 6.07) is 3.51. The van der Waals surface area contributed by atoms with Crippen LogP contribution in [0.2, 0.25) is 0 Å². The van der Waals surface area contributed by atoms with Crippen LogP contribution in [-0.4, -0.2) is 52.8 Å². The molecule has 100 valence electrons. The largest absolute Gasteiger partial charge is 0.463 e. The summed E-state index contributed by atoms with van der Waals surface area (Å²) in [5.74, 6) is 0.0130. The smallest absolute Gasteiger partial charge is 0.270 e. The van der Waals surface area contributed by atoms with E-state index in [2.05, 4.69) is 4.98 Å². The molecular weight excluding hydrogens is 246 g/mol. The van der Waals surface area contributed by atoms with Crippen molar-refractivity contribution in [3.8, 4) is 0 Å². The zero-order valence-corrected chi connectivity index (χ0v) is 10.7. The Labute approximate surface area is 110 Å². The van der Waals surface area contributed by atoms with E-state index >= 15 is 0 Å². The molecule has 0 aliphatic carbocycles. The molecule has 0 radical (unpaired) electrons. The van der Waals surface area contributed by atoms with Crippen LogP contribution in [0, 0.1) is 0 Å². The van der Waals surface area contributed by atoms with Gasteiger partial charge in [-0.1, -0.05) is 0 Å². The summed E-state index contributed by atoms with van der Waals surface area (Å²) in [6.07, 6.45) is 1.58. The molecule has 6 heteroatoms. The summed E-state index contributed by atoms with van der Waals surface area (Å²) in [5, 5.41) is 0. The Hall–Kier alpha value is -2.24. The van der Waals surface area contributed by atoms with E-state index in [4.69, 9.17) is 4.42 Å². The van der Waals surface area contributed by atoms with E-state index in [-0.39, 0.29) is 11.8 Å². The van der Waals surface area contributed by atoms with Crippen molar-refractivity contribution >= 4 is 22.9 Å². The summed E-state index contributed by atoms with van der Waals surface area (Å²) in [4.78, 5) is 30.1.